The van der Waals surface area contributed by atoms with Gasteiger partial charge in [0, 0.05) is 0 Å². The molecule has 0 radical (unpaired) electrons. The third kappa shape index (κ3) is 5.70. The lowest BCUT2D eigenvalue weighted by molar-refractivity contribution is -0.123. The third-order valence-corrected chi connectivity index (χ3v) is 3.42. The number of esters is 1. The summed E-state index contributed by atoms with van der Waals surface area (Å²) >= 11 is 0. The summed E-state index contributed by atoms with van der Waals surface area (Å²) < 4.78 is 17.8. The molecule has 0 bridgehead atoms. The van der Waals surface area contributed by atoms with E-state index in [1.165, 1.54) is 24.3 Å². The van der Waals surface area contributed by atoms with Gasteiger partial charge in [0.1, 0.15) is 5.82 Å². The average molecular weight is 358 g/mol. The lowest BCUT2D eigenvalue weighted by atomic mass is 10.1. The smallest absolute Gasteiger partial charge is 0.340 e. The van der Waals surface area contributed by atoms with E-state index in [1.807, 2.05) is 0 Å². The van der Waals surface area contributed by atoms with E-state index < -0.39 is 11.9 Å². The molecule has 2 aromatic carbocycles. The Labute approximate surface area is 150 Å². The van der Waals surface area contributed by atoms with Crippen LogP contribution in [0.4, 0.5) is 10.1 Å². The van der Waals surface area contributed by atoms with Crippen molar-refractivity contribution in [1.29, 1.82) is 0 Å². The molecule has 0 saturated heterocycles. The van der Waals surface area contributed by atoms with Gasteiger partial charge in [-0.2, -0.15) is 0 Å². The van der Waals surface area contributed by atoms with E-state index in [4.69, 9.17) is 4.74 Å². The van der Waals surface area contributed by atoms with E-state index in [0.29, 0.717) is 11.3 Å². The molecular weight excluding hydrogens is 339 g/mol. The number of carbonyl (C=O) groups is 3. The van der Waals surface area contributed by atoms with E-state index in [0.717, 1.165) is 0 Å². The molecule has 2 N–H and O–H groups in total. The maximum atomic E-state index is 12.8. The molecule has 0 aliphatic rings. The fourth-order valence-electron chi connectivity index (χ4n) is 2.20. The second-order valence-corrected chi connectivity index (χ2v) is 5.39. The summed E-state index contributed by atoms with van der Waals surface area (Å²) in [6.07, 6.45) is 0.0347. The summed E-state index contributed by atoms with van der Waals surface area (Å²) in [4.78, 5) is 35.7. The van der Waals surface area contributed by atoms with Crippen LogP contribution in [0.25, 0.3) is 0 Å². The fraction of sp³-hybridized carbons (Fsp3) is 0.211. The molecule has 0 heterocycles. The minimum absolute atomic E-state index is 0.0347. The standard InChI is InChI=1S/C19H19FN2O4/c1-2-26-19(25)15-5-3-4-6-16(15)22-18(24)12-21-17(23)11-13-7-9-14(20)10-8-13/h3-10H,2,11-12H2,1H3,(H,21,23)(H,22,24). The molecule has 0 aromatic heterocycles. The third-order valence-electron chi connectivity index (χ3n) is 3.42. The SMILES string of the molecule is CCOC(=O)c1ccccc1NC(=O)CNC(=O)Cc1ccc(F)cc1. The van der Waals surface area contributed by atoms with Crippen LogP contribution in [0.15, 0.2) is 48.5 Å². The van der Waals surface area contributed by atoms with Crippen molar-refractivity contribution in [2.24, 2.45) is 0 Å². The van der Waals surface area contributed by atoms with Gasteiger partial charge in [-0.05, 0) is 36.8 Å². The summed E-state index contributed by atoms with van der Waals surface area (Å²) in [6, 6.07) is 12.0. The van der Waals surface area contributed by atoms with Gasteiger partial charge in [-0.15, -0.1) is 0 Å². The highest BCUT2D eigenvalue weighted by molar-refractivity contribution is 6.02. The average Bonchev–Trinajstić information content (AvgIpc) is 2.62. The highest BCUT2D eigenvalue weighted by Gasteiger charge is 2.14. The van der Waals surface area contributed by atoms with Crippen LogP contribution in [0.2, 0.25) is 0 Å². The number of benzene rings is 2. The van der Waals surface area contributed by atoms with Gasteiger partial charge in [-0.1, -0.05) is 24.3 Å². The Morgan fingerprint density at radius 1 is 1.00 bits per heavy atom. The number of rotatable bonds is 7. The summed E-state index contributed by atoms with van der Waals surface area (Å²) in [6.45, 7) is 1.66. The Morgan fingerprint density at radius 3 is 2.38 bits per heavy atom. The van der Waals surface area contributed by atoms with E-state index in [9.17, 15) is 18.8 Å². The van der Waals surface area contributed by atoms with Crippen molar-refractivity contribution in [2.45, 2.75) is 13.3 Å². The molecule has 0 unspecified atom stereocenters. The topological polar surface area (TPSA) is 84.5 Å². The van der Waals surface area contributed by atoms with Crippen LogP contribution in [0.3, 0.4) is 0 Å². The number of ether oxygens (including phenoxy) is 1. The Hall–Kier alpha value is -3.22. The van der Waals surface area contributed by atoms with Crippen LogP contribution >= 0.6 is 0 Å². The monoisotopic (exact) mass is 358 g/mol. The first-order valence-corrected chi connectivity index (χ1v) is 8.06. The number of amides is 2. The van der Waals surface area contributed by atoms with Gasteiger partial charge >= 0.3 is 5.97 Å². The molecule has 6 nitrogen and oxygen atoms in total. The number of halogens is 1. The number of hydrogen-bond donors (Lipinski definition) is 2. The van der Waals surface area contributed by atoms with Gasteiger partial charge < -0.3 is 15.4 Å². The predicted octanol–water partition coefficient (Wildman–Crippen LogP) is 2.30. The van der Waals surface area contributed by atoms with Crippen molar-refractivity contribution in [1.82, 2.24) is 5.32 Å². The highest BCUT2D eigenvalue weighted by atomic mass is 19.1. The molecule has 0 spiro atoms. The Balaban J connectivity index is 1.88. The van der Waals surface area contributed by atoms with Crippen molar-refractivity contribution in [3.05, 3.63) is 65.5 Å². The quantitative estimate of drug-likeness (QED) is 0.744. The first-order valence-electron chi connectivity index (χ1n) is 8.06. The van der Waals surface area contributed by atoms with E-state index >= 15 is 0 Å². The molecule has 0 atom stereocenters. The molecule has 2 aromatic rings. The van der Waals surface area contributed by atoms with Crippen LogP contribution in [0.1, 0.15) is 22.8 Å². The van der Waals surface area contributed by atoms with Gasteiger partial charge in [-0.3, -0.25) is 9.59 Å². The zero-order chi connectivity index (χ0) is 18.9. The van der Waals surface area contributed by atoms with Gasteiger partial charge in [0.15, 0.2) is 0 Å². The van der Waals surface area contributed by atoms with Crippen molar-refractivity contribution < 1.29 is 23.5 Å². The molecule has 2 amide bonds. The summed E-state index contributed by atoms with van der Waals surface area (Å²) in [5, 5.41) is 5.05. The number of carbonyl (C=O) groups excluding carboxylic acids is 3. The molecular formula is C19H19FN2O4. The van der Waals surface area contributed by atoms with Crippen molar-refractivity contribution in [2.75, 3.05) is 18.5 Å². The number of hydrogen-bond acceptors (Lipinski definition) is 4. The molecule has 0 aliphatic heterocycles. The Morgan fingerprint density at radius 2 is 1.69 bits per heavy atom. The van der Waals surface area contributed by atoms with E-state index in [-0.39, 0.29) is 36.9 Å². The number of anilines is 1. The Bertz CT molecular complexity index is 790. The van der Waals surface area contributed by atoms with Crippen LogP contribution < -0.4 is 10.6 Å². The molecule has 26 heavy (non-hydrogen) atoms. The van der Waals surface area contributed by atoms with Crippen LogP contribution in [-0.2, 0) is 20.7 Å². The second-order valence-electron chi connectivity index (χ2n) is 5.39. The molecule has 2 rings (SSSR count). The summed E-state index contributed by atoms with van der Waals surface area (Å²) in [5.41, 5.74) is 1.18. The Kier molecular flexibility index (Phi) is 6.84. The molecule has 7 heteroatoms. The van der Waals surface area contributed by atoms with Crippen LogP contribution in [0.5, 0.6) is 0 Å². The van der Waals surface area contributed by atoms with Crippen LogP contribution in [0, 0.1) is 5.82 Å². The molecule has 0 fully saturated rings. The minimum atomic E-state index is -0.538. The van der Waals surface area contributed by atoms with Crippen LogP contribution in [-0.4, -0.2) is 30.9 Å². The largest absolute Gasteiger partial charge is 0.462 e. The first kappa shape index (κ1) is 19.1. The highest BCUT2D eigenvalue weighted by Crippen LogP contribution is 2.16. The predicted molar refractivity (Wildman–Crippen MR) is 94.1 cm³/mol. The zero-order valence-electron chi connectivity index (χ0n) is 14.3. The first-order chi connectivity index (χ1) is 12.5. The minimum Gasteiger partial charge on any atom is -0.462 e. The fourth-order valence-corrected chi connectivity index (χ4v) is 2.20. The second kappa shape index (κ2) is 9.31. The van der Waals surface area contributed by atoms with Gasteiger partial charge in [0.2, 0.25) is 11.8 Å². The summed E-state index contributed by atoms with van der Waals surface area (Å²) in [7, 11) is 0. The lowest BCUT2D eigenvalue weighted by Gasteiger charge is -2.11. The van der Waals surface area contributed by atoms with Crippen molar-refractivity contribution in [3.8, 4) is 0 Å². The molecule has 0 saturated carbocycles. The van der Waals surface area contributed by atoms with E-state index in [1.54, 1.807) is 31.2 Å². The summed E-state index contributed by atoms with van der Waals surface area (Å²) in [5.74, 6) is -1.77. The normalized spacial score (nSPS) is 10.1. The number of para-hydroxylation sites is 1. The molecule has 136 valence electrons. The lowest BCUT2D eigenvalue weighted by Crippen LogP contribution is -2.34. The van der Waals surface area contributed by atoms with E-state index in [2.05, 4.69) is 10.6 Å². The maximum Gasteiger partial charge on any atom is 0.340 e. The van der Waals surface area contributed by atoms with Crippen molar-refractivity contribution >= 4 is 23.5 Å². The molecule has 0 aliphatic carbocycles. The maximum absolute atomic E-state index is 12.8. The zero-order valence-corrected chi connectivity index (χ0v) is 14.3. The van der Waals surface area contributed by atoms with Gasteiger partial charge in [0.25, 0.3) is 0 Å². The van der Waals surface area contributed by atoms with Gasteiger partial charge in [-0.25, -0.2) is 9.18 Å². The number of nitrogens with one attached hydrogen (secondary N) is 2. The van der Waals surface area contributed by atoms with Crippen molar-refractivity contribution in [3.63, 3.8) is 0 Å². The van der Waals surface area contributed by atoms with Gasteiger partial charge in [0.05, 0.1) is 30.8 Å².